The molecule has 1 atom stereocenters. The Balaban J connectivity index is 1.40. The number of aliphatic hydroxyl groups is 1. The third kappa shape index (κ3) is 4.13. The number of carbonyl (C=O) groups is 1. The highest BCUT2D eigenvalue weighted by molar-refractivity contribution is 5.94. The van der Waals surface area contributed by atoms with E-state index in [1.165, 1.54) is 6.33 Å². The number of aliphatic hydroxyl groups excluding tert-OH is 1. The summed E-state index contributed by atoms with van der Waals surface area (Å²) in [4.78, 5) is 21.1. The summed E-state index contributed by atoms with van der Waals surface area (Å²) in [6.07, 6.45) is 4.25. The van der Waals surface area contributed by atoms with Gasteiger partial charge in [0.05, 0.1) is 12.1 Å². The predicted octanol–water partition coefficient (Wildman–Crippen LogP) is 0.468. The van der Waals surface area contributed by atoms with Crippen molar-refractivity contribution in [3.05, 3.63) is 42.4 Å². The van der Waals surface area contributed by atoms with Gasteiger partial charge in [-0.05, 0) is 18.1 Å². The Morgan fingerprint density at radius 2 is 1.93 bits per heavy atom. The Hall–Kier alpha value is -2.85. The average Bonchev–Trinajstić information content (AvgIpc) is 3.40. The van der Waals surface area contributed by atoms with Crippen molar-refractivity contribution in [2.24, 2.45) is 5.92 Å². The number of aromatic nitrogens is 6. The van der Waals surface area contributed by atoms with Gasteiger partial charge in [-0.15, -0.1) is 10.2 Å². The van der Waals surface area contributed by atoms with Crippen LogP contribution in [0.15, 0.2) is 31.0 Å². The van der Waals surface area contributed by atoms with E-state index >= 15 is 0 Å². The molecule has 1 amide bonds. The lowest BCUT2D eigenvalue weighted by atomic mass is 10.1. The van der Waals surface area contributed by atoms with E-state index in [4.69, 9.17) is 0 Å². The molecule has 4 heterocycles. The number of fused-ring (bicyclic) bond motifs is 1. The van der Waals surface area contributed by atoms with Crippen LogP contribution in [0.5, 0.6) is 0 Å². The summed E-state index contributed by atoms with van der Waals surface area (Å²) in [6.45, 7) is 8.52. The number of nitrogens with zero attached hydrogens (tertiary/aromatic N) is 8. The molecule has 1 aliphatic rings. The molecular weight excluding hydrogens is 372 g/mol. The Kier molecular flexibility index (Phi) is 5.54. The minimum absolute atomic E-state index is 0.00681. The van der Waals surface area contributed by atoms with Crippen LogP contribution in [0, 0.1) is 5.92 Å². The summed E-state index contributed by atoms with van der Waals surface area (Å²) in [6, 6.07) is 3.54. The number of rotatable bonds is 6. The second-order valence-electron chi connectivity index (χ2n) is 7.69. The van der Waals surface area contributed by atoms with Crippen LogP contribution >= 0.6 is 0 Å². The first kappa shape index (κ1) is 19.5. The molecule has 4 rings (SSSR count). The fourth-order valence-corrected chi connectivity index (χ4v) is 3.48. The summed E-state index contributed by atoms with van der Waals surface area (Å²) in [5, 5.41) is 22.7. The fraction of sp³-hybridized carbons (Fsp3) is 0.526. The van der Waals surface area contributed by atoms with Gasteiger partial charge >= 0.3 is 0 Å². The molecule has 3 aromatic rings. The molecule has 1 saturated heterocycles. The minimum Gasteiger partial charge on any atom is -0.385 e. The van der Waals surface area contributed by atoms with Gasteiger partial charge in [0.15, 0.2) is 11.5 Å². The quantitative estimate of drug-likeness (QED) is 0.643. The lowest BCUT2D eigenvalue weighted by molar-refractivity contribution is 0.0631. The molecule has 0 saturated carbocycles. The zero-order chi connectivity index (χ0) is 20.4. The Morgan fingerprint density at radius 3 is 2.62 bits per heavy atom. The van der Waals surface area contributed by atoms with Gasteiger partial charge in [0.25, 0.3) is 5.91 Å². The molecule has 0 bridgehead atoms. The first-order valence-electron chi connectivity index (χ1n) is 9.89. The second-order valence-corrected chi connectivity index (χ2v) is 7.69. The topological polar surface area (TPSA) is 105 Å². The lowest BCUT2D eigenvalue weighted by Crippen LogP contribution is -2.49. The highest BCUT2D eigenvalue weighted by atomic mass is 16.3. The maximum absolute atomic E-state index is 13.0. The third-order valence-corrected chi connectivity index (χ3v) is 5.34. The molecule has 0 aromatic carbocycles. The zero-order valence-electron chi connectivity index (χ0n) is 16.7. The number of hydrogen-bond donors (Lipinski definition) is 1. The summed E-state index contributed by atoms with van der Waals surface area (Å²) < 4.78 is 3.53. The average molecular weight is 398 g/mol. The SMILES string of the molecule is CC(C)C(O)c1nnc2ccc(C(=O)N3CCN(CCn4cncn4)CC3)cn12. The van der Waals surface area contributed by atoms with Gasteiger partial charge in [-0.2, -0.15) is 5.10 Å². The molecule has 3 aromatic heterocycles. The first-order valence-corrected chi connectivity index (χ1v) is 9.89. The van der Waals surface area contributed by atoms with Crippen LogP contribution in [0.4, 0.5) is 0 Å². The molecule has 0 spiro atoms. The Bertz CT molecular complexity index is 960. The molecule has 0 aliphatic carbocycles. The van der Waals surface area contributed by atoms with E-state index in [-0.39, 0.29) is 11.8 Å². The monoisotopic (exact) mass is 398 g/mol. The van der Waals surface area contributed by atoms with E-state index in [9.17, 15) is 9.90 Å². The van der Waals surface area contributed by atoms with E-state index < -0.39 is 6.10 Å². The molecule has 0 radical (unpaired) electrons. The highest BCUT2D eigenvalue weighted by Crippen LogP contribution is 2.21. The maximum Gasteiger partial charge on any atom is 0.255 e. The van der Waals surface area contributed by atoms with E-state index in [1.807, 2.05) is 23.4 Å². The van der Waals surface area contributed by atoms with Crippen molar-refractivity contribution in [1.82, 2.24) is 39.2 Å². The Labute approximate surface area is 168 Å². The largest absolute Gasteiger partial charge is 0.385 e. The van der Waals surface area contributed by atoms with Gasteiger partial charge in [-0.3, -0.25) is 18.8 Å². The zero-order valence-corrected chi connectivity index (χ0v) is 16.7. The maximum atomic E-state index is 13.0. The standard InChI is InChI=1S/C19H26N8O2/c1-14(2)17(28)18-23-22-16-4-3-15(11-27(16)18)19(29)25-8-5-24(6-9-25)7-10-26-13-20-12-21-26/h3-4,11-14,17,28H,5-10H2,1-2H3. The molecule has 154 valence electrons. The van der Waals surface area contributed by atoms with Gasteiger partial charge in [0.1, 0.15) is 18.8 Å². The van der Waals surface area contributed by atoms with Crippen molar-refractivity contribution in [3.63, 3.8) is 0 Å². The Morgan fingerprint density at radius 1 is 1.14 bits per heavy atom. The first-order chi connectivity index (χ1) is 14.0. The number of piperazine rings is 1. The normalized spacial score (nSPS) is 16.6. The summed E-state index contributed by atoms with van der Waals surface area (Å²) in [5.41, 5.74) is 1.19. The van der Waals surface area contributed by atoms with Crippen LogP contribution in [-0.2, 0) is 6.54 Å². The van der Waals surface area contributed by atoms with Crippen molar-refractivity contribution in [3.8, 4) is 0 Å². The van der Waals surface area contributed by atoms with Crippen LogP contribution < -0.4 is 0 Å². The van der Waals surface area contributed by atoms with Crippen LogP contribution in [0.25, 0.3) is 5.65 Å². The third-order valence-electron chi connectivity index (χ3n) is 5.34. The molecular formula is C19H26N8O2. The number of hydrogen-bond acceptors (Lipinski definition) is 7. The summed E-state index contributed by atoms with van der Waals surface area (Å²) in [5.74, 6) is 0.455. The van der Waals surface area contributed by atoms with Crippen LogP contribution in [-0.4, -0.2) is 82.9 Å². The highest BCUT2D eigenvalue weighted by Gasteiger charge is 2.24. The van der Waals surface area contributed by atoms with Gasteiger partial charge in [0.2, 0.25) is 0 Å². The van der Waals surface area contributed by atoms with Gasteiger partial charge in [0, 0.05) is 38.9 Å². The number of amides is 1. The van der Waals surface area contributed by atoms with Gasteiger partial charge < -0.3 is 10.0 Å². The van der Waals surface area contributed by atoms with E-state index in [1.54, 1.807) is 29.1 Å². The minimum atomic E-state index is -0.733. The van der Waals surface area contributed by atoms with Crippen molar-refractivity contribution < 1.29 is 9.90 Å². The van der Waals surface area contributed by atoms with Crippen molar-refractivity contribution in [2.75, 3.05) is 32.7 Å². The van der Waals surface area contributed by atoms with Crippen LogP contribution in [0.2, 0.25) is 0 Å². The molecule has 10 heteroatoms. The van der Waals surface area contributed by atoms with Crippen LogP contribution in [0.3, 0.4) is 0 Å². The molecule has 1 fully saturated rings. The number of pyridine rings is 1. The van der Waals surface area contributed by atoms with Crippen LogP contribution in [0.1, 0.15) is 36.1 Å². The summed E-state index contributed by atoms with van der Waals surface area (Å²) in [7, 11) is 0. The molecule has 1 N–H and O–H groups in total. The second kappa shape index (κ2) is 8.26. The number of carbonyl (C=O) groups excluding carboxylic acids is 1. The van der Waals surface area contributed by atoms with Crippen molar-refractivity contribution in [1.29, 1.82) is 0 Å². The summed E-state index contributed by atoms with van der Waals surface area (Å²) >= 11 is 0. The van der Waals surface area contributed by atoms with Crippen molar-refractivity contribution in [2.45, 2.75) is 26.5 Å². The predicted molar refractivity (Wildman–Crippen MR) is 105 cm³/mol. The fourth-order valence-electron chi connectivity index (χ4n) is 3.48. The smallest absolute Gasteiger partial charge is 0.255 e. The van der Waals surface area contributed by atoms with E-state index in [2.05, 4.69) is 25.2 Å². The van der Waals surface area contributed by atoms with E-state index in [0.29, 0.717) is 30.1 Å². The van der Waals surface area contributed by atoms with Crippen molar-refractivity contribution >= 4 is 11.6 Å². The lowest BCUT2D eigenvalue weighted by Gasteiger charge is -2.34. The van der Waals surface area contributed by atoms with E-state index in [0.717, 1.165) is 26.2 Å². The molecule has 1 aliphatic heterocycles. The molecule has 29 heavy (non-hydrogen) atoms. The molecule has 1 unspecified atom stereocenters. The molecule has 10 nitrogen and oxygen atoms in total. The van der Waals surface area contributed by atoms with Gasteiger partial charge in [-0.1, -0.05) is 13.8 Å². The van der Waals surface area contributed by atoms with Gasteiger partial charge in [-0.25, -0.2) is 4.98 Å².